The Balaban J connectivity index is 1.67. The standard InChI is InChI=1S/C19H17ClN2O/c1-13-9-10-15(11-17(13)20)22-19(23)12-21-18-8-4-6-14-5-2-3-7-16(14)18/h2-11,21H,12H2,1H3,(H,22,23). The van der Waals surface area contributed by atoms with E-state index in [0.29, 0.717) is 10.7 Å². The average Bonchev–Trinajstić information content (AvgIpc) is 2.56. The molecule has 0 heterocycles. The lowest BCUT2D eigenvalue weighted by molar-refractivity contribution is -0.114. The summed E-state index contributed by atoms with van der Waals surface area (Å²) in [5.74, 6) is -0.113. The van der Waals surface area contributed by atoms with E-state index in [9.17, 15) is 4.79 Å². The molecule has 3 aromatic rings. The molecule has 0 saturated heterocycles. The minimum Gasteiger partial charge on any atom is -0.376 e. The maximum absolute atomic E-state index is 12.1. The Bertz CT molecular complexity index is 856. The summed E-state index contributed by atoms with van der Waals surface area (Å²) in [6, 6.07) is 19.6. The number of aryl methyl sites for hydroxylation is 1. The van der Waals surface area contributed by atoms with Gasteiger partial charge in [0.05, 0.1) is 6.54 Å². The predicted molar refractivity (Wildman–Crippen MR) is 97.3 cm³/mol. The lowest BCUT2D eigenvalue weighted by Crippen LogP contribution is -2.21. The van der Waals surface area contributed by atoms with Gasteiger partial charge in [-0.05, 0) is 36.1 Å². The van der Waals surface area contributed by atoms with Crippen LogP contribution in [0.25, 0.3) is 10.8 Å². The summed E-state index contributed by atoms with van der Waals surface area (Å²) < 4.78 is 0. The van der Waals surface area contributed by atoms with E-state index in [4.69, 9.17) is 11.6 Å². The summed E-state index contributed by atoms with van der Waals surface area (Å²) in [6.45, 7) is 2.12. The van der Waals surface area contributed by atoms with Crippen LogP contribution in [0.3, 0.4) is 0 Å². The fourth-order valence-corrected chi connectivity index (χ4v) is 2.61. The number of rotatable bonds is 4. The number of nitrogens with one attached hydrogen (secondary N) is 2. The summed E-state index contributed by atoms with van der Waals surface area (Å²) in [4.78, 5) is 12.1. The molecule has 0 aliphatic rings. The third kappa shape index (κ3) is 3.63. The van der Waals surface area contributed by atoms with E-state index in [2.05, 4.69) is 22.8 Å². The van der Waals surface area contributed by atoms with Crippen LogP contribution in [0.5, 0.6) is 0 Å². The molecule has 3 aromatic carbocycles. The lowest BCUT2D eigenvalue weighted by atomic mass is 10.1. The van der Waals surface area contributed by atoms with Crippen molar-refractivity contribution in [3.8, 4) is 0 Å². The first-order chi connectivity index (χ1) is 11.1. The Hall–Kier alpha value is -2.52. The number of hydrogen-bond acceptors (Lipinski definition) is 2. The zero-order valence-corrected chi connectivity index (χ0v) is 13.5. The van der Waals surface area contributed by atoms with Crippen LogP contribution in [0.4, 0.5) is 11.4 Å². The van der Waals surface area contributed by atoms with E-state index in [0.717, 1.165) is 22.0 Å². The highest BCUT2D eigenvalue weighted by Gasteiger charge is 2.05. The van der Waals surface area contributed by atoms with Gasteiger partial charge >= 0.3 is 0 Å². The summed E-state index contributed by atoms with van der Waals surface area (Å²) >= 11 is 6.07. The number of carbonyl (C=O) groups excluding carboxylic acids is 1. The fraction of sp³-hybridized carbons (Fsp3) is 0.105. The molecule has 0 aliphatic heterocycles. The molecular weight excluding hydrogens is 308 g/mol. The van der Waals surface area contributed by atoms with Gasteiger partial charge in [0, 0.05) is 21.8 Å². The molecule has 0 radical (unpaired) electrons. The van der Waals surface area contributed by atoms with Crippen molar-refractivity contribution in [3.63, 3.8) is 0 Å². The Morgan fingerprint density at radius 2 is 1.83 bits per heavy atom. The monoisotopic (exact) mass is 324 g/mol. The van der Waals surface area contributed by atoms with E-state index in [1.807, 2.05) is 49.4 Å². The van der Waals surface area contributed by atoms with Gasteiger partial charge in [0.15, 0.2) is 0 Å². The number of amides is 1. The summed E-state index contributed by atoms with van der Waals surface area (Å²) in [5, 5.41) is 8.91. The highest BCUT2D eigenvalue weighted by Crippen LogP contribution is 2.23. The first-order valence-electron chi connectivity index (χ1n) is 7.41. The Morgan fingerprint density at radius 1 is 1.04 bits per heavy atom. The molecule has 116 valence electrons. The smallest absolute Gasteiger partial charge is 0.243 e. The van der Waals surface area contributed by atoms with Crippen LogP contribution in [-0.4, -0.2) is 12.5 Å². The van der Waals surface area contributed by atoms with E-state index >= 15 is 0 Å². The molecule has 0 atom stereocenters. The maximum atomic E-state index is 12.1. The van der Waals surface area contributed by atoms with E-state index in [1.165, 1.54) is 0 Å². The van der Waals surface area contributed by atoms with Crippen molar-refractivity contribution in [1.82, 2.24) is 0 Å². The number of halogens is 1. The number of anilines is 2. The first-order valence-corrected chi connectivity index (χ1v) is 7.79. The minimum absolute atomic E-state index is 0.113. The van der Waals surface area contributed by atoms with Crippen LogP contribution in [0, 0.1) is 6.92 Å². The van der Waals surface area contributed by atoms with Crippen LogP contribution >= 0.6 is 11.6 Å². The Kier molecular flexibility index (Phi) is 4.49. The molecule has 0 spiro atoms. The number of fused-ring (bicyclic) bond motifs is 1. The zero-order chi connectivity index (χ0) is 16.2. The van der Waals surface area contributed by atoms with Crippen molar-refractivity contribution in [1.29, 1.82) is 0 Å². The van der Waals surface area contributed by atoms with Crippen molar-refractivity contribution in [2.75, 3.05) is 17.2 Å². The van der Waals surface area contributed by atoms with Gasteiger partial charge in [-0.2, -0.15) is 0 Å². The van der Waals surface area contributed by atoms with Crippen molar-refractivity contribution >= 4 is 39.7 Å². The quantitative estimate of drug-likeness (QED) is 0.720. The van der Waals surface area contributed by atoms with Gasteiger partial charge in [0.25, 0.3) is 0 Å². The van der Waals surface area contributed by atoms with E-state index in [1.54, 1.807) is 6.07 Å². The number of hydrogen-bond donors (Lipinski definition) is 2. The molecule has 0 fully saturated rings. The van der Waals surface area contributed by atoms with Gasteiger partial charge in [-0.3, -0.25) is 4.79 Å². The second-order valence-corrected chi connectivity index (χ2v) is 5.80. The normalized spacial score (nSPS) is 10.5. The molecule has 1 amide bonds. The van der Waals surface area contributed by atoms with Crippen LogP contribution in [-0.2, 0) is 4.79 Å². The molecule has 0 saturated carbocycles. The summed E-state index contributed by atoms with van der Waals surface area (Å²) in [7, 11) is 0. The molecule has 0 aliphatic carbocycles. The highest BCUT2D eigenvalue weighted by atomic mass is 35.5. The van der Waals surface area contributed by atoms with Crippen molar-refractivity contribution in [3.05, 3.63) is 71.2 Å². The molecule has 23 heavy (non-hydrogen) atoms. The molecule has 2 N–H and O–H groups in total. The van der Waals surface area contributed by atoms with Gasteiger partial charge in [-0.15, -0.1) is 0 Å². The van der Waals surface area contributed by atoms with Crippen molar-refractivity contribution in [2.24, 2.45) is 0 Å². The topological polar surface area (TPSA) is 41.1 Å². The van der Waals surface area contributed by atoms with Crippen LogP contribution in [0.1, 0.15) is 5.56 Å². The van der Waals surface area contributed by atoms with Gasteiger partial charge in [0.1, 0.15) is 0 Å². The lowest BCUT2D eigenvalue weighted by Gasteiger charge is -2.11. The summed E-state index contributed by atoms with van der Waals surface area (Å²) in [5.41, 5.74) is 2.63. The maximum Gasteiger partial charge on any atom is 0.243 e. The Morgan fingerprint density at radius 3 is 2.65 bits per heavy atom. The van der Waals surface area contributed by atoms with Gasteiger partial charge in [0.2, 0.25) is 5.91 Å². The van der Waals surface area contributed by atoms with Gasteiger partial charge in [-0.25, -0.2) is 0 Å². The predicted octanol–water partition coefficient (Wildman–Crippen LogP) is 4.85. The number of benzene rings is 3. The molecule has 0 bridgehead atoms. The fourth-order valence-electron chi connectivity index (χ4n) is 2.43. The zero-order valence-electron chi connectivity index (χ0n) is 12.8. The minimum atomic E-state index is -0.113. The van der Waals surface area contributed by atoms with Crippen LogP contribution < -0.4 is 10.6 Å². The third-order valence-electron chi connectivity index (χ3n) is 3.68. The van der Waals surface area contributed by atoms with Crippen LogP contribution in [0.2, 0.25) is 5.02 Å². The molecule has 0 unspecified atom stereocenters. The third-order valence-corrected chi connectivity index (χ3v) is 4.09. The molecule has 0 aromatic heterocycles. The van der Waals surface area contributed by atoms with Gasteiger partial charge < -0.3 is 10.6 Å². The molecular formula is C19H17ClN2O. The molecule has 4 heteroatoms. The Labute approximate surface area is 140 Å². The molecule has 3 rings (SSSR count). The second-order valence-electron chi connectivity index (χ2n) is 5.39. The molecule has 3 nitrogen and oxygen atoms in total. The SMILES string of the molecule is Cc1ccc(NC(=O)CNc2cccc3ccccc23)cc1Cl. The average molecular weight is 325 g/mol. The number of carbonyl (C=O) groups is 1. The van der Waals surface area contributed by atoms with Crippen molar-refractivity contribution in [2.45, 2.75) is 6.92 Å². The second kappa shape index (κ2) is 6.71. The van der Waals surface area contributed by atoms with E-state index < -0.39 is 0 Å². The van der Waals surface area contributed by atoms with E-state index in [-0.39, 0.29) is 12.5 Å². The summed E-state index contributed by atoms with van der Waals surface area (Å²) in [6.07, 6.45) is 0. The van der Waals surface area contributed by atoms with Gasteiger partial charge in [-0.1, -0.05) is 54.1 Å². The van der Waals surface area contributed by atoms with Crippen LogP contribution in [0.15, 0.2) is 60.7 Å². The van der Waals surface area contributed by atoms with Crippen molar-refractivity contribution < 1.29 is 4.79 Å². The highest BCUT2D eigenvalue weighted by molar-refractivity contribution is 6.31. The first kappa shape index (κ1) is 15.4. The largest absolute Gasteiger partial charge is 0.376 e.